The number of nitrogens with zero attached hydrogens (tertiary/aromatic N) is 3. The zero-order valence-corrected chi connectivity index (χ0v) is 25.5. The van der Waals surface area contributed by atoms with E-state index in [2.05, 4.69) is 20.9 Å². The van der Waals surface area contributed by atoms with E-state index in [-0.39, 0.29) is 22.6 Å². The highest BCUT2D eigenvalue weighted by atomic mass is 79.9. The molecule has 0 fully saturated rings. The van der Waals surface area contributed by atoms with Crippen LogP contribution >= 0.6 is 27.3 Å². The first kappa shape index (κ1) is 27.9. The first-order valence-electron chi connectivity index (χ1n) is 13.3. The first-order valence-corrected chi connectivity index (χ1v) is 15.0. The van der Waals surface area contributed by atoms with E-state index in [1.165, 1.54) is 4.57 Å². The van der Waals surface area contributed by atoms with Crippen molar-refractivity contribution in [2.45, 2.75) is 26.4 Å². The van der Waals surface area contributed by atoms with Gasteiger partial charge in [0.05, 0.1) is 42.8 Å². The van der Waals surface area contributed by atoms with Gasteiger partial charge in [0, 0.05) is 15.6 Å². The van der Waals surface area contributed by atoms with Gasteiger partial charge in [-0.25, -0.2) is 9.79 Å². The van der Waals surface area contributed by atoms with Crippen molar-refractivity contribution in [3.8, 4) is 5.75 Å². The number of fused-ring (bicyclic) bond motifs is 2. The molecule has 0 bridgehead atoms. The van der Waals surface area contributed by atoms with Crippen molar-refractivity contribution in [2.24, 2.45) is 4.99 Å². The number of amides is 1. The summed E-state index contributed by atoms with van der Waals surface area (Å²) in [7, 11) is 1.54. The fraction of sp³-hybridized carbons (Fsp3) is 0.188. The number of aromatic nitrogens is 1. The van der Waals surface area contributed by atoms with Crippen LogP contribution in [-0.4, -0.2) is 30.2 Å². The molecule has 3 aromatic carbocycles. The van der Waals surface area contributed by atoms with E-state index in [4.69, 9.17) is 9.47 Å². The summed E-state index contributed by atoms with van der Waals surface area (Å²) in [5.74, 6) is -0.322. The van der Waals surface area contributed by atoms with E-state index in [0.29, 0.717) is 39.5 Å². The number of allylic oxidation sites excluding steroid dienone is 1. The monoisotopic (exact) mass is 643 g/mol. The van der Waals surface area contributed by atoms with Gasteiger partial charge >= 0.3 is 5.97 Å². The van der Waals surface area contributed by atoms with Crippen LogP contribution in [0.25, 0.3) is 5.57 Å². The topological polar surface area (TPSA) is 90.2 Å². The fourth-order valence-corrected chi connectivity index (χ4v) is 6.97. The maximum Gasteiger partial charge on any atom is 0.338 e. The standard InChI is InChI=1S/C32H26BrN3O5S/c1-4-41-31(39)25-18(2)34-32-36(27(25)21-12-8-9-13-24(21)40-3)30(38)28(42-32)26-22-16-20(33)14-15-23(22)35(29(26)37)17-19-10-6-5-7-11-19/h5-16,27H,4,17H2,1-3H3/b28-26-/t27-/m0/s1. The minimum absolute atomic E-state index is 0.167. The molecule has 2 aliphatic heterocycles. The van der Waals surface area contributed by atoms with E-state index in [1.807, 2.05) is 66.7 Å². The minimum Gasteiger partial charge on any atom is -0.496 e. The fourth-order valence-electron chi connectivity index (χ4n) is 5.47. The summed E-state index contributed by atoms with van der Waals surface area (Å²) in [6.07, 6.45) is 0. The van der Waals surface area contributed by atoms with Gasteiger partial charge in [0.1, 0.15) is 16.3 Å². The molecule has 1 aromatic heterocycles. The van der Waals surface area contributed by atoms with Crippen molar-refractivity contribution in [2.75, 3.05) is 18.6 Å². The van der Waals surface area contributed by atoms with Crippen molar-refractivity contribution >= 4 is 50.4 Å². The zero-order valence-electron chi connectivity index (χ0n) is 23.1. The van der Waals surface area contributed by atoms with Crippen LogP contribution in [0.3, 0.4) is 0 Å². The van der Waals surface area contributed by atoms with Gasteiger partial charge in [0.25, 0.3) is 11.5 Å². The Balaban J connectivity index is 1.62. The van der Waals surface area contributed by atoms with Crippen LogP contribution in [0, 0.1) is 0 Å². The number of esters is 1. The Morgan fingerprint density at radius 1 is 1.05 bits per heavy atom. The Morgan fingerprint density at radius 3 is 2.52 bits per heavy atom. The molecule has 0 saturated carbocycles. The SMILES string of the molecule is CCOC(=O)C1=C(C)N=c2s/c(=C3\C(=O)N(Cc4ccccc4)c4ccc(Br)cc43)c(=O)n2[C@H]1c1ccccc1OC. The van der Waals surface area contributed by atoms with Crippen LogP contribution in [0.15, 0.2) is 98.3 Å². The van der Waals surface area contributed by atoms with Crippen LogP contribution in [-0.2, 0) is 20.9 Å². The molecule has 1 atom stereocenters. The van der Waals surface area contributed by atoms with Gasteiger partial charge in [-0.05, 0) is 43.7 Å². The zero-order chi connectivity index (χ0) is 29.5. The maximum atomic E-state index is 14.4. The highest BCUT2D eigenvalue weighted by Gasteiger charge is 2.38. The Hall–Kier alpha value is -4.28. The molecular weight excluding hydrogens is 618 g/mol. The molecule has 0 unspecified atom stereocenters. The number of methoxy groups -OCH3 is 1. The van der Waals surface area contributed by atoms with E-state index < -0.39 is 17.6 Å². The van der Waals surface area contributed by atoms with Crippen LogP contribution in [0.2, 0.25) is 0 Å². The molecule has 10 heteroatoms. The summed E-state index contributed by atoms with van der Waals surface area (Å²) in [5, 5.41) is 0. The second-order valence-electron chi connectivity index (χ2n) is 9.78. The van der Waals surface area contributed by atoms with E-state index >= 15 is 0 Å². The van der Waals surface area contributed by atoms with Crippen LogP contribution in [0.5, 0.6) is 5.75 Å². The number of ether oxygens (including phenoxy) is 2. The molecule has 1 amide bonds. The molecule has 0 N–H and O–H groups in total. The molecule has 0 radical (unpaired) electrons. The number of rotatable bonds is 6. The van der Waals surface area contributed by atoms with Crippen molar-refractivity contribution in [3.05, 3.63) is 125 Å². The number of anilines is 1. The first-order chi connectivity index (χ1) is 20.3. The summed E-state index contributed by atoms with van der Waals surface area (Å²) >= 11 is 4.68. The molecule has 212 valence electrons. The highest BCUT2D eigenvalue weighted by Crippen LogP contribution is 2.39. The number of para-hydroxylation sites is 1. The van der Waals surface area contributed by atoms with Gasteiger partial charge < -0.3 is 14.4 Å². The van der Waals surface area contributed by atoms with Crippen molar-refractivity contribution < 1.29 is 19.1 Å². The number of hydrogen-bond acceptors (Lipinski definition) is 7. The average molecular weight is 645 g/mol. The number of hydrogen-bond donors (Lipinski definition) is 0. The quantitative estimate of drug-likeness (QED) is 0.289. The predicted molar refractivity (Wildman–Crippen MR) is 164 cm³/mol. The molecule has 2 aliphatic rings. The second kappa shape index (κ2) is 11.2. The summed E-state index contributed by atoms with van der Waals surface area (Å²) < 4.78 is 13.6. The number of thiazole rings is 1. The molecular formula is C32H26BrN3O5S. The molecule has 3 heterocycles. The van der Waals surface area contributed by atoms with Gasteiger partial charge in [0.2, 0.25) is 0 Å². The summed E-state index contributed by atoms with van der Waals surface area (Å²) in [5.41, 5.74) is 3.53. The van der Waals surface area contributed by atoms with Gasteiger partial charge in [-0.3, -0.25) is 14.2 Å². The van der Waals surface area contributed by atoms with E-state index in [0.717, 1.165) is 27.1 Å². The molecule has 42 heavy (non-hydrogen) atoms. The lowest BCUT2D eigenvalue weighted by atomic mass is 9.95. The lowest BCUT2D eigenvalue weighted by Crippen LogP contribution is -2.41. The number of benzene rings is 3. The molecule has 8 nitrogen and oxygen atoms in total. The van der Waals surface area contributed by atoms with E-state index in [9.17, 15) is 14.4 Å². The lowest BCUT2D eigenvalue weighted by molar-refractivity contribution is -0.139. The summed E-state index contributed by atoms with van der Waals surface area (Å²) in [6, 6.07) is 21.7. The van der Waals surface area contributed by atoms with Crippen molar-refractivity contribution in [3.63, 3.8) is 0 Å². The van der Waals surface area contributed by atoms with Crippen molar-refractivity contribution in [1.82, 2.24) is 4.57 Å². The normalized spacial score (nSPS) is 17.1. The highest BCUT2D eigenvalue weighted by molar-refractivity contribution is 9.10. The van der Waals surface area contributed by atoms with Gasteiger partial charge in [0.15, 0.2) is 4.80 Å². The van der Waals surface area contributed by atoms with Gasteiger partial charge in [-0.2, -0.15) is 0 Å². The summed E-state index contributed by atoms with van der Waals surface area (Å²) in [4.78, 5) is 48.6. The Labute approximate surface area is 254 Å². The third-order valence-corrected chi connectivity index (χ3v) is 8.86. The van der Waals surface area contributed by atoms with Gasteiger partial charge in [-0.15, -0.1) is 0 Å². The largest absolute Gasteiger partial charge is 0.496 e. The van der Waals surface area contributed by atoms with Crippen LogP contribution in [0.4, 0.5) is 5.69 Å². The molecule has 0 saturated heterocycles. The number of halogens is 1. The van der Waals surface area contributed by atoms with Gasteiger partial charge in [-0.1, -0.05) is 75.8 Å². The number of carbonyl (C=O) groups is 2. The Kier molecular flexibility index (Phi) is 7.42. The average Bonchev–Trinajstić information content (AvgIpc) is 3.44. The van der Waals surface area contributed by atoms with Crippen LogP contribution in [0.1, 0.15) is 36.6 Å². The van der Waals surface area contributed by atoms with Crippen LogP contribution < -0.4 is 24.5 Å². The summed E-state index contributed by atoms with van der Waals surface area (Å²) in [6.45, 7) is 3.97. The molecule has 0 aliphatic carbocycles. The smallest absolute Gasteiger partial charge is 0.338 e. The second-order valence-corrected chi connectivity index (χ2v) is 11.7. The Morgan fingerprint density at radius 2 is 1.79 bits per heavy atom. The number of carbonyl (C=O) groups excluding carboxylic acids is 2. The van der Waals surface area contributed by atoms with E-state index in [1.54, 1.807) is 31.9 Å². The minimum atomic E-state index is -0.857. The molecule has 4 aromatic rings. The molecule has 0 spiro atoms. The Bertz CT molecular complexity index is 1960. The third-order valence-electron chi connectivity index (χ3n) is 7.31. The maximum absolute atomic E-state index is 14.4. The lowest BCUT2D eigenvalue weighted by Gasteiger charge is -2.25. The van der Waals surface area contributed by atoms with Crippen molar-refractivity contribution in [1.29, 1.82) is 0 Å². The predicted octanol–water partition coefficient (Wildman–Crippen LogP) is 4.49. The third kappa shape index (κ3) is 4.60. The molecule has 6 rings (SSSR count).